The highest BCUT2D eigenvalue weighted by Gasteiger charge is 2.27. The molecule has 1 N–H and O–H groups in total. The molecule has 1 saturated heterocycles. The first kappa shape index (κ1) is 12.0. The maximum Gasteiger partial charge on any atom is 0.0553 e. The fourth-order valence-corrected chi connectivity index (χ4v) is 2.40. The standard InChI is InChI=1S/C12H25NO/c1-5-6-13-11(4)12-7-9(2)14-10(3)8-12/h9-13H,5-8H2,1-4H3. The number of hydrogen-bond donors (Lipinski definition) is 1. The summed E-state index contributed by atoms with van der Waals surface area (Å²) in [6.45, 7) is 10.0. The molecule has 0 aromatic rings. The van der Waals surface area contributed by atoms with Gasteiger partial charge < -0.3 is 10.1 Å². The van der Waals surface area contributed by atoms with E-state index < -0.39 is 0 Å². The predicted octanol–water partition coefficient (Wildman–Crippen LogP) is 2.58. The van der Waals surface area contributed by atoms with Crippen LogP contribution in [0.15, 0.2) is 0 Å². The second kappa shape index (κ2) is 5.72. The minimum absolute atomic E-state index is 0.439. The molecule has 1 aliphatic heterocycles. The molecule has 0 bridgehead atoms. The van der Waals surface area contributed by atoms with Crippen molar-refractivity contribution in [3.8, 4) is 0 Å². The number of hydrogen-bond acceptors (Lipinski definition) is 2. The van der Waals surface area contributed by atoms with Crippen LogP contribution in [0.1, 0.15) is 47.0 Å². The topological polar surface area (TPSA) is 21.3 Å². The van der Waals surface area contributed by atoms with Gasteiger partial charge in [-0.25, -0.2) is 0 Å². The lowest BCUT2D eigenvalue weighted by atomic mass is 9.87. The molecule has 0 aromatic carbocycles. The van der Waals surface area contributed by atoms with Gasteiger partial charge in [-0.3, -0.25) is 0 Å². The van der Waals surface area contributed by atoms with Crippen molar-refractivity contribution in [1.29, 1.82) is 0 Å². The molecule has 0 spiro atoms. The second-order valence-corrected chi connectivity index (χ2v) is 4.73. The summed E-state index contributed by atoms with van der Waals surface area (Å²) in [6, 6.07) is 0.642. The summed E-state index contributed by atoms with van der Waals surface area (Å²) in [5.41, 5.74) is 0. The van der Waals surface area contributed by atoms with Crippen molar-refractivity contribution in [2.24, 2.45) is 5.92 Å². The fraction of sp³-hybridized carbons (Fsp3) is 1.00. The monoisotopic (exact) mass is 199 g/mol. The van der Waals surface area contributed by atoms with Crippen LogP contribution in [0.25, 0.3) is 0 Å². The normalized spacial score (nSPS) is 35.6. The lowest BCUT2D eigenvalue weighted by Crippen LogP contribution is -2.41. The summed E-state index contributed by atoms with van der Waals surface area (Å²) in [6.07, 6.45) is 4.52. The van der Waals surface area contributed by atoms with Crippen LogP contribution in [0, 0.1) is 5.92 Å². The first-order valence-corrected chi connectivity index (χ1v) is 6.02. The Morgan fingerprint density at radius 3 is 2.36 bits per heavy atom. The maximum atomic E-state index is 5.74. The molecular weight excluding hydrogens is 174 g/mol. The van der Waals surface area contributed by atoms with Gasteiger partial charge in [0.2, 0.25) is 0 Å². The molecular formula is C12H25NO. The van der Waals surface area contributed by atoms with Gasteiger partial charge in [0.1, 0.15) is 0 Å². The van der Waals surface area contributed by atoms with Crippen LogP contribution in [-0.2, 0) is 4.74 Å². The van der Waals surface area contributed by atoms with Crippen molar-refractivity contribution in [2.45, 2.75) is 65.2 Å². The van der Waals surface area contributed by atoms with Gasteiger partial charge in [-0.2, -0.15) is 0 Å². The zero-order valence-electron chi connectivity index (χ0n) is 10.0. The average Bonchev–Trinajstić information content (AvgIpc) is 2.12. The highest BCUT2D eigenvalue weighted by molar-refractivity contribution is 4.80. The largest absolute Gasteiger partial charge is 0.376 e. The van der Waals surface area contributed by atoms with Crippen LogP contribution >= 0.6 is 0 Å². The molecule has 0 radical (unpaired) electrons. The third-order valence-electron chi connectivity index (χ3n) is 3.16. The zero-order chi connectivity index (χ0) is 10.6. The Balaban J connectivity index is 2.34. The lowest BCUT2D eigenvalue weighted by molar-refractivity contribution is -0.0576. The van der Waals surface area contributed by atoms with E-state index in [0.29, 0.717) is 18.2 Å². The first-order chi connectivity index (χ1) is 6.63. The van der Waals surface area contributed by atoms with E-state index in [-0.39, 0.29) is 0 Å². The van der Waals surface area contributed by atoms with E-state index >= 15 is 0 Å². The Hall–Kier alpha value is -0.0800. The van der Waals surface area contributed by atoms with Gasteiger partial charge >= 0.3 is 0 Å². The van der Waals surface area contributed by atoms with Crippen LogP contribution < -0.4 is 5.32 Å². The SMILES string of the molecule is CCCNC(C)C1CC(C)OC(C)C1. The van der Waals surface area contributed by atoms with Crippen molar-refractivity contribution in [2.75, 3.05) is 6.54 Å². The van der Waals surface area contributed by atoms with Gasteiger partial charge in [-0.1, -0.05) is 6.92 Å². The van der Waals surface area contributed by atoms with Crippen molar-refractivity contribution < 1.29 is 4.74 Å². The molecule has 3 atom stereocenters. The van der Waals surface area contributed by atoms with E-state index in [1.54, 1.807) is 0 Å². The first-order valence-electron chi connectivity index (χ1n) is 6.02. The molecule has 1 aliphatic rings. The highest BCUT2D eigenvalue weighted by atomic mass is 16.5. The van der Waals surface area contributed by atoms with Gasteiger partial charge in [-0.05, 0) is 52.5 Å². The van der Waals surface area contributed by atoms with E-state index in [0.717, 1.165) is 12.5 Å². The average molecular weight is 199 g/mol. The van der Waals surface area contributed by atoms with E-state index in [4.69, 9.17) is 4.74 Å². The summed E-state index contributed by atoms with van der Waals surface area (Å²) in [4.78, 5) is 0. The summed E-state index contributed by atoms with van der Waals surface area (Å²) < 4.78 is 5.74. The van der Waals surface area contributed by atoms with Gasteiger partial charge in [0, 0.05) is 6.04 Å². The van der Waals surface area contributed by atoms with Crippen LogP contribution in [0.2, 0.25) is 0 Å². The minimum Gasteiger partial charge on any atom is -0.376 e. The summed E-state index contributed by atoms with van der Waals surface area (Å²) in [7, 11) is 0. The number of rotatable bonds is 4. The van der Waals surface area contributed by atoms with Gasteiger partial charge in [0.05, 0.1) is 12.2 Å². The van der Waals surface area contributed by atoms with E-state index in [9.17, 15) is 0 Å². The minimum atomic E-state index is 0.439. The predicted molar refractivity (Wildman–Crippen MR) is 60.5 cm³/mol. The lowest BCUT2D eigenvalue weighted by Gasteiger charge is -2.35. The summed E-state index contributed by atoms with van der Waals surface area (Å²) in [5.74, 6) is 0.792. The molecule has 84 valence electrons. The van der Waals surface area contributed by atoms with E-state index in [2.05, 4.69) is 33.0 Å². The molecule has 1 fully saturated rings. The Kier molecular flexibility index (Phi) is 4.90. The Bertz CT molecular complexity index is 150. The molecule has 2 nitrogen and oxygen atoms in total. The summed E-state index contributed by atoms with van der Waals surface area (Å²) >= 11 is 0. The van der Waals surface area contributed by atoms with Crippen LogP contribution in [0.3, 0.4) is 0 Å². The van der Waals surface area contributed by atoms with Gasteiger partial charge in [0.15, 0.2) is 0 Å². The third-order valence-corrected chi connectivity index (χ3v) is 3.16. The molecule has 0 amide bonds. The summed E-state index contributed by atoms with van der Waals surface area (Å²) in [5, 5.41) is 3.59. The van der Waals surface area contributed by atoms with Crippen molar-refractivity contribution in [3.63, 3.8) is 0 Å². The van der Waals surface area contributed by atoms with Crippen molar-refractivity contribution in [1.82, 2.24) is 5.32 Å². The fourth-order valence-electron chi connectivity index (χ4n) is 2.40. The number of ether oxygens (including phenoxy) is 1. The molecule has 0 saturated carbocycles. The van der Waals surface area contributed by atoms with Crippen molar-refractivity contribution in [3.05, 3.63) is 0 Å². The molecule has 1 heterocycles. The number of nitrogens with one attached hydrogen (secondary N) is 1. The Labute approximate surface area is 88.4 Å². The quantitative estimate of drug-likeness (QED) is 0.751. The smallest absolute Gasteiger partial charge is 0.0553 e. The highest BCUT2D eigenvalue weighted by Crippen LogP contribution is 2.27. The maximum absolute atomic E-state index is 5.74. The Morgan fingerprint density at radius 2 is 1.86 bits per heavy atom. The van der Waals surface area contributed by atoms with E-state index in [1.165, 1.54) is 19.3 Å². The van der Waals surface area contributed by atoms with E-state index in [1.807, 2.05) is 0 Å². The third kappa shape index (κ3) is 3.58. The second-order valence-electron chi connectivity index (χ2n) is 4.73. The Morgan fingerprint density at radius 1 is 1.29 bits per heavy atom. The molecule has 1 rings (SSSR count). The molecule has 0 aromatic heterocycles. The van der Waals surface area contributed by atoms with Crippen LogP contribution in [0.4, 0.5) is 0 Å². The van der Waals surface area contributed by atoms with Gasteiger partial charge in [0.25, 0.3) is 0 Å². The molecule has 0 aliphatic carbocycles. The molecule has 2 heteroatoms. The van der Waals surface area contributed by atoms with Crippen LogP contribution in [0.5, 0.6) is 0 Å². The zero-order valence-corrected chi connectivity index (χ0v) is 10.0. The van der Waals surface area contributed by atoms with Crippen molar-refractivity contribution >= 4 is 0 Å². The molecule has 14 heavy (non-hydrogen) atoms. The molecule has 3 unspecified atom stereocenters. The van der Waals surface area contributed by atoms with Gasteiger partial charge in [-0.15, -0.1) is 0 Å². The van der Waals surface area contributed by atoms with Crippen LogP contribution in [-0.4, -0.2) is 24.8 Å².